The minimum Gasteiger partial charge on any atom is -0.462 e. The molecular formula is C18H26O12. The first-order valence-corrected chi connectivity index (χ1v) is 8.96. The molecule has 0 amide bonds. The van der Waals surface area contributed by atoms with E-state index < -0.39 is 73.3 Å². The Morgan fingerprint density at radius 3 is 1.67 bits per heavy atom. The standard InChI is InChI=1S/C18H26O12/c1-8(19)25-7-13(26-9(2)20)14-15(27-10(3)21)16(28-11(4)22)17(29-12(5)23)18(24-6)30-14/h13-18H,7H2,1-6H3/t13-,14-,15+,16+,17+,18-/m1/s1. The number of hydrogen-bond donors (Lipinski definition) is 0. The molecule has 0 radical (unpaired) electrons. The SMILES string of the molecule is CO[C@@H]1O[C@H]([C@@H](COC(C)=O)OC(C)=O)[C@H](OC(C)=O)[C@H](OC(C)=O)[C@@H]1OC(C)=O. The third kappa shape index (κ3) is 7.59. The summed E-state index contributed by atoms with van der Waals surface area (Å²) < 4.78 is 36.7. The highest BCUT2D eigenvalue weighted by Crippen LogP contribution is 2.31. The van der Waals surface area contributed by atoms with Crippen LogP contribution in [0, 0.1) is 0 Å². The largest absolute Gasteiger partial charge is 0.462 e. The van der Waals surface area contributed by atoms with Crippen molar-refractivity contribution in [1.29, 1.82) is 0 Å². The van der Waals surface area contributed by atoms with Gasteiger partial charge < -0.3 is 33.2 Å². The molecule has 0 N–H and O–H groups in total. The second-order valence-corrected chi connectivity index (χ2v) is 6.38. The van der Waals surface area contributed by atoms with Gasteiger partial charge in [-0.2, -0.15) is 0 Å². The van der Waals surface area contributed by atoms with Gasteiger partial charge >= 0.3 is 29.8 Å². The van der Waals surface area contributed by atoms with Gasteiger partial charge in [0.1, 0.15) is 12.7 Å². The van der Waals surface area contributed by atoms with Gasteiger partial charge in [-0.25, -0.2) is 0 Å². The van der Waals surface area contributed by atoms with E-state index in [2.05, 4.69) is 0 Å². The van der Waals surface area contributed by atoms with Gasteiger partial charge in [-0.05, 0) is 0 Å². The number of ether oxygens (including phenoxy) is 7. The normalized spacial score (nSPS) is 26.7. The average Bonchev–Trinajstić information content (AvgIpc) is 2.60. The molecule has 1 fully saturated rings. The second kappa shape index (κ2) is 11.5. The van der Waals surface area contributed by atoms with Gasteiger partial charge in [0.2, 0.25) is 0 Å². The fourth-order valence-corrected chi connectivity index (χ4v) is 2.90. The maximum Gasteiger partial charge on any atom is 0.303 e. The van der Waals surface area contributed by atoms with Crippen molar-refractivity contribution in [2.75, 3.05) is 13.7 Å². The molecule has 6 atom stereocenters. The molecule has 12 heteroatoms. The summed E-state index contributed by atoms with van der Waals surface area (Å²) in [6, 6.07) is 0. The van der Waals surface area contributed by atoms with E-state index in [9.17, 15) is 24.0 Å². The van der Waals surface area contributed by atoms with Crippen molar-refractivity contribution < 1.29 is 57.1 Å². The van der Waals surface area contributed by atoms with E-state index in [1.807, 2.05) is 0 Å². The Morgan fingerprint density at radius 2 is 1.23 bits per heavy atom. The van der Waals surface area contributed by atoms with Crippen molar-refractivity contribution >= 4 is 29.8 Å². The monoisotopic (exact) mass is 434 g/mol. The number of carbonyl (C=O) groups is 5. The Hall–Kier alpha value is -2.73. The van der Waals surface area contributed by atoms with Crippen LogP contribution in [0.2, 0.25) is 0 Å². The van der Waals surface area contributed by atoms with Gasteiger partial charge in [-0.1, -0.05) is 0 Å². The molecule has 1 aliphatic heterocycles. The van der Waals surface area contributed by atoms with Gasteiger partial charge in [0, 0.05) is 41.7 Å². The molecule has 0 aliphatic carbocycles. The summed E-state index contributed by atoms with van der Waals surface area (Å²) in [5, 5.41) is 0. The Morgan fingerprint density at radius 1 is 0.733 bits per heavy atom. The van der Waals surface area contributed by atoms with Gasteiger partial charge in [-0.3, -0.25) is 24.0 Å². The van der Waals surface area contributed by atoms with Crippen molar-refractivity contribution in [3.63, 3.8) is 0 Å². The van der Waals surface area contributed by atoms with Crippen LogP contribution >= 0.6 is 0 Å². The highest BCUT2D eigenvalue weighted by Gasteiger charge is 2.55. The lowest BCUT2D eigenvalue weighted by Crippen LogP contribution is -2.65. The molecule has 1 aliphatic rings. The lowest BCUT2D eigenvalue weighted by atomic mass is 9.94. The molecule has 0 aromatic carbocycles. The van der Waals surface area contributed by atoms with E-state index in [0.29, 0.717) is 0 Å². The number of hydrogen-bond acceptors (Lipinski definition) is 12. The summed E-state index contributed by atoms with van der Waals surface area (Å²) in [4.78, 5) is 57.8. The van der Waals surface area contributed by atoms with Crippen LogP contribution in [0.3, 0.4) is 0 Å². The lowest BCUT2D eigenvalue weighted by molar-refractivity contribution is -0.312. The first-order valence-electron chi connectivity index (χ1n) is 8.96. The van der Waals surface area contributed by atoms with E-state index in [1.54, 1.807) is 0 Å². The molecule has 12 nitrogen and oxygen atoms in total. The van der Waals surface area contributed by atoms with Gasteiger partial charge in [-0.15, -0.1) is 0 Å². The highest BCUT2D eigenvalue weighted by molar-refractivity contribution is 5.69. The molecule has 1 rings (SSSR count). The minimum absolute atomic E-state index is 0.446. The number of methoxy groups -OCH3 is 1. The molecule has 0 bridgehead atoms. The molecule has 0 aromatic heterocycles. The second-order valence-electron chi connectivity index (χ2n) is 6.38. The Kier molecular flexibility index (Phi) is 9.66. The van der Waals surface area contributed by atoms with Gasteiger partial charge in [0.05, 0.1) is 0 Å². The van der Waals surface area contributed by atoms with Gasteiger partial charge in [0.25, 0.3) is 0 Å². The van der Waals surface area contributed by atoms with E-state index in [4.69, 9.17) is 33.2 Å². The van der Waals surface area contributed by atoms with Crippen molar-refractivity contribution in [2.45, 2.75) is 71.4 Å². The van der Waals surface area contributed by atoms with Crippen LogP contribution in [-0.4, -0.2) is 80.4 Å². The summed E-state index contributed by atoms with van der Waals surface area (Å²) >= 11 is 0. The van der Waals surface area contributed by atoms with Crippen molar-refractivity contribution in [1.82, 2.24) is 0 Å². The zero-order valence-electron chi connectivity index (χ0n) is 17.6. The van der Waals surface area contributed by atoms with E-state index in [-0.39, 0.29) is 0 Å². The van der Waals surface area contributed by atoms with Crippen molar-refractivity contribution in [2.24, 2.45) is 0 Å². The summed E-state index contributed by atoms with van der Waals surface area (Å²) in [7, 11) is 1.24. The fourth-order valence-electron chi connectivity index (χ4n) is 2.90. The predicted molar refractivity (Wildman–Crippen MR) is 94.5 cm³/mol. The van der Waals surface area contributed by atoms with E-state index in [0.717, 1.165) is 34.6 Å². The number of rotatable bonds is 8. The summed E-state index contributed by atoms with van der Waals surface area (Å²) in [6.07, 6.45) is -7.89. The van der Waals surface area contributed by atoms with Crippen LogP contribution in [0.25, 0.3) is 0 Å². The first-order chi connectivity index (χ1) is 14.0. The topological polar surface area (TPSA) is 150 Å². The van der Waals surface area contributed by atoms with E-state index >= 15 is 0 Å². The van der Waals surface area contributed by atoms with Crippen molar-refractivity contribution in [3.05, 3.63) is 0 Å². The zero-order chi connectivity index (χ0) is 23.0. The molecule has 0 saturated carbocycles. The number of esters is 5. The smallest absolute Gasteiger partial charge is 0.303 e. The fraction of sp³-hybridized carbons (Fsp3) is 0.722. The Balaban J connectivity index is 3.41. The highest BCUT2D eigenvalue weighted by atomic mass is 16.7. The minimum atomic E-state index is -1.39. The quantitative estimate of drug-likeness (QED) is 0.363. The molecule has 30 heavy (non-hydrogen) atoms. The summed E-state index contributed by atoms with van der Waals surface area (Å²) in [6.45, 7) is 5.13. The molecule has 1 saturated heterocycles. The van der Waals surface area contributed by atoms with Crippen LogP contribution in [0.1, 0.15) is 34.6 Å². The van der Waals surface area contributed by atoms with E-state index in [1.165, 1.54) is 7.11 Å². The van der Waals surface area contributed by atoms with Crippen LogP contribution in [0.4, 0.5) is 0 Å². The summed E-state index contributed by atoms with van der Waals surface area (Å²) in [5.41, 5.74) is 0. The maximum absolute atomic E-state index is 11.7. The molecule has 170 valence electrons. The molecule has 0 spiro atoms. The first kappa shape index (κ1) is 25.3. The van der Waals surface area contributed by atoms with Crippen LogP contribution < -0.4 is 0 Å². The Bertz CT molecular complexity index is 660. The molecule has 1 heterocycles. The molecular weight excluding hydrogens is 408 g/mol. The van der Waals surface area contributed by atoms with Crippen molar-refractivity contribution in [3.8, 4) is 0 Å². The van der Waals surface area contributed by atoms with Gasteiger partial charge in [0.15, 0.2) is 30.7 Å². The number of carbonyl (C=O) groups excluding carboxylic acids is 5. The third-order valence-corrected chi connectivity index (χ3v) is 3.80. The predicted octanol–water partition coefficient (Wildman–Crippen LogP) is -0.352. The Labute approximate surface area is 173 Å². The lowest BCUT2D eigenvalue weighted by Gasteiger charge is -2.45. The molecule has 0 aromatic rings. The third-order valence-electron chi connectivity index (χ3n) is 3.80. The maximum atomic E-state index is 11.7. The molecule has 0 unspecified atom stereocenters. The van der Waals surface area contributed by atoms with Crippen LogP contribution in [0.15, 0.2) is 0 Å². The van der Waals surface area contributed by atoms with Crippen LogP contribution in [-0.2, 0) is 57.1 Å². The van der Waals surface area contributed by atoms with Crippen LogP contribution in [0.5, 0.6) is 0 Å². The summed E-state index contributed by atoms with van der Waals surface area (Å²) in [5.74, 6) is -3.69. The zero-order valence-corrected chi connectivity index (χ0v) is 17.6. The average molecular weight is 434 g/mol.